The molecule has 0 bridgehead atoms. The number of hydrogen-bond acceptors (Lipinski definition) is 7. The lowest BCUT2D eigenvalue weighted by Crippen LogP contribution is -2.58. The van der Waals surface area contributed by atoms with Gasteiger partial charge in [0.15, 0.2) is 11.4 Å². The van der Waals surface area contributed by atoms with Gasteiger partial charge in [-0.25, -0.2) is 23.9 Å². The Morgan fingerprint density at radius 3 is 2.75 bits per heavy atom. The van der Waals surface area contributed by atoms with Crippen molar-refractivity contribution in [2.45, 2.75) is 57.3 Å². The number of carbonyl (C=O) groups is 3. The van der Waals surface area contributed by atoms with E-state index in [0.717, 1.165) is 0 Å². The van der Waals surface area contributed by atoms with E-state index in [1.807, 2.05) is 0 Å². The molecule has 1 fully saturated rings. The van der Waals surface area contributed by atoms with E-state index in [0.29, 0.717) is 24.9 Å². The van der Waals surface area contributed by atoms with Crippen LogP contribution in [0.25, 0.3) is 0 Å². The molecule has 192 valence electrons. The second-order valence-electron chi connectivity index (χ2n) is 9.81. The second kappa shape index (κ2) is 9.88. The Morgan fingerprint density at radius 1 is 1.33 bits per heavy atom. The number of amides is 3. The molecule has 1 spiro atoms. The highest BCUT2D eigenvalue weighted by atomic mass is 35.5. The number of halogens is 2. The van der Waals surface area contributed by atoms with E-state index in [1.165, 1.54) is 23.4 Å². The van der Waals surface area contributed by atoms with Gasteiger partial charge in [0.2, 0.25) is 5.91 Å². The highest BCUT2D eigenvalue weighted by Crippen LogP contribution is 2.45. The Morgan fingerprint density at radius 2 is 2.06 bits per heavy atom. The van der Waals surface area contributed by atoms with Gasteiger partial charge in [-0.3, -0.25) is 10.1 Å². The zero-order valence-electron chi connectivity index (χ0n) is 20.1. The molecule has 12 heteroatoms. The van der Waals surface area contributed by atoms with E-state index in [1.54, 1.807) is 33.2 Å². The molecule has 2 atom stereocenters. The number of rotatable bonds is 4. The molecule has 2 aliphatic rings. The van der Waals surface area contributed by atoms with Gasteiger partial charge in [0.1, 0.15) is 18.0 Å². The molecule has 4 rings (SSSR count). The van der Waals surface area contributed by atoms with Crippen molar-refractivity contribution < 1.29 is 28.2 Å². The number of nitrogens with zero attached hydrogens (tertiary/aromatic N) is 3. The maximum atomic E-state index is 15.2. The Balaban J connectivity index is 1.63. The fourth-order valence-corrected chi connectivity index (χ4v) is 4.66. The number of carbonyl (C=O) groups excluding carboxylic acids is 3. The third-order valence-electron chi connectivity index (χ3n) is 5.88. The van der Waals surface area contributed by atoms with Crippen LogP contribution < -0.4 is 10.6 Å². The van der Waals surface area contributed by atoms with E-state index < -0.39 is 41.2 Å². The van der Waals surface area contributed by atoms with Crippen LogP contribution in [0.2, 0.25) is 5.02 Å². The van der Waals surface area contributed by atoms with Gasteiger partial charge in [0.25, 0.3) is 0 Å². The fraction of sp³-hybridized carbons (Fsp3) is 0.458. The first-order valence-corrected chi connectivity index (χ1v) is 11.9. The summed E-state index contributed by atoms with van der Waals surface area (Å²) in [6.07, 6.45) is 3.76. The normalized spacial score (nSPS) is 20.1. The molecule has 1 saturated heterocycles. The fourth-order valence-electron chi connectivity index (χ4n) is 4.50. The smallest absolute Gasteiger partial charge is 0.412 e. The van der Waals surface area contributed by atoms with Crippen LogP contribution in [0.5, 0.6) is 0 Å². The van der Waals surface area contributed by atoms with Gasteiger partial charge < -0.3 is 19.7 Å². The Bertz CT molecular complexity index is 1180. The van der Waals surface area contributed by atoms with Gasteiger partial charge in [0.05, 0.1) is 22.8 Å². The zero-order valence-corrected chi connectivity index (χ0v) is 20.9. The van der Waals surface area contributed by atoms with E-state index >= 15 is 4.39 Å². The predicted molar refractivity (Wildman–Crippen MR) is 128 cm³/mol. The van der Waals surface area contributed by atoms with Crippen LogP contribution >= 0.6 is 11.6 Å². The number of aromatic nitrogens is 2. The predicted octanol–water partition coefficient (Wildman–Crippen LogP) is 3.78. The van der Waals surface area contributed by atoms with Crippen LogP contribution in [0.4, 0.5) is 19.7 Å². The molecular weight excluding hydrogens is 493 g/mol. The van der Waals surface area contributed by atoms with E-state index in [9.17, 15) is 14.4 Å². The molecule has 0 unspecified atom stereocenters. The molecule has 3 amide bonds. The number of hydrogen-bond donors (Lipinski definition) is 2. The minimum Gasteiger partial charge on any atom is -0.444 e. The van der Waals surface area contributed by atoms with Crippen LogP contribution in [0.3, 0.4) is 0 Å². The van der Waals surface area contributed by atoms with Crippen molar-refractivity contribution in [1.29, 1.82) is 0 Å². The molecule has 0 saturated carbocycles. The average Bonchev–Trinajstić information content (AvgIpc) is 2.80. The minimum absolute atomic E-state index is 0.0974. The van der Waals surface area contributed by atoms with Crippen LogP contribution in [-0.4, -0.2) is 57.7 Å². The molecule has 1 aromatic carbocycles. The van der Waals surface area contributed by atoms with E-state index in [-0.39, 0.29) is 29.2 Å². The summed E-state index contributed by atoms with van der Waals surface area (Å²) in [5.41, 5.74) is -1.23. The molecule has 3 heterocycles. The van der Waals surface area contributed by atoms with Crippen molar-refractivity contribution >= 4 is 35.4 Å². The Labute approximate surface area is 212 Å². The molecular formula is C24H27ClFN5O5. The van der Waals surface area contributed by atoms with Gasteiger partial charge in [-0.15, -0.1) is 0 Å². The lowest BCUT2D eigenvalue weighted by Gasteiger charge is -2.45. The Kier molecular flexibility index (Phi) is 7.03. The third kappa shape index (κ3) is 5.51. The lowest BCUT2D eigenvalue weighted by molar-refractivity contribution is -0.141. The summed E-state index contributed by atoms with van der Waals surface area (Å²) in [6.45, 7) is 5.35. The van der Waals surface area contributed by atoms with E-state index in [4.69, 9.17) is 21.1 Å². The van der Waals surface area contributed by atoms with Crippen LogP contribution in [0.15, 0.2) is 30.9 Å². The van der Waals surface area contributed by atoms with Crippen molar-refractivity contribution in [2.75, 3.05) is 18.4 Å². The zero-order chi connectivity index (χ0) is 26.1. The third-order valence-corrected chi connectivity index (χ3v) is 6.18. The number of alkyl carbamates (subject to hydrolysis) is 1. The summed E-state index contributed by atoms with van der Waals surface area (Å²) in [5.74, 6) is -1.16. The van der Waals surface area contributed by atoms with E-state index in [2.05, 4.69) is 20.6 Å². The number of anilines is 1. The molecule has 0 radical (unpaired) electrons. The maximum Gasteiger partial charge on any atom is 0.412 e. The maximum absolute atomic E-state index is 15.2. The molecule has 2 N–H and O–H groups in total. The molecule has 2 aliphatic heterocycles. The number of likely N-dealkylation sites (tertiary alicyclic amines) is 1. The molecule has 10 nitrogen and oxygen atoms in total. The first kappa shape index (κ1) is 25.6. The molecule has 1 aromatic heterocycles. The highest BCUT2D eigenvalue weighted by Gasteiger charge is 2.49. The SMILES string of the molecule is CC(C)(C)OC(=O)N[C@@H](Cc1cncnc1)C(=O)N1CCC[C@@]2(C1)OC(=O)Nc1ccc(Cl)c(F)c12. The van der Waals surface area contributed by atoms with Crippen LogP contribution in [-0.2, 0) is 26.3 Å². The minimum atomic E-state index is -1.42. The summed E-state index contributed by atoms with van der Waals surface area (Å²) < 4.78 is 26.2. The van der Waals surface area contributed by atoms with Gasteiger partial charge in [0, 0.05) is 25.4 Å². The summed E-state index contributed by atoms with van der Waals surface area (Å²) >= 11 is 6.04. The molecule has 36 heavy (non-hydrogen) atoms. The second-order valence-corrected chi connectivity index (χ2v) is 10.2. The first-order chi connectivity index (χ1) is 17.0. The van der Waals surface area contributed by atoms with Gasteiger partial charge in [-0.1, -0.05) is 11.6 Å². The summed E-state index contributed by atoms with van der Waals surface area (Å²) in [6, 6.07) is 1.83. The molecule has 2 aromatic rings. The summed E-state index contributed by atoms with van der Waals surface area (Å²) in [7, 11) is 0. The van der Waals surface area contributed by atoms with Crippen molar-refractivity contribution in [3.8, 4) is 0 Å². The number of fused-ring (bicyclic) bond motifs is 2. The topological polar surface area (TPSA) is 123 Å². The van der Waals surface area contributed by atoms with Gasteiger partial charge in [-0.05, 0) is 51.3 Å². The van der Waals surface area contributed by atoms with Crippen LogP contribution in [0.1, 0.15) is 44.7 Å². The van der Waals surface area contributed by atoms with Crippen LogP contribution in [0, 0.1) is 5.82 Å². The van der Waals surface area contributed by atoms with Crippen molar-refractivity contribution in [3.05, 3.63) is 52.8 Å². The monoisotopic (exact) mass is 519 g/mol. The number of ether oxygens (including phenoxy) is 2. The standard InChI is InChI=1S/C24H27ClFN5O5/c1-23(2,3)35-21(33)30-17(9-14-10-27-13-28-11-14)20(32)31-8-4-7-24(12-31)18-16(29-22(34)36-24)6-5-15(25)19(18)26/h5-6,10-11,13,17H,4,7-9,12H2,1-3H3,(H,29,34)(H,30,33)/t17-,24-/m0/s1. The highest BCUT2D eigenvalue weighted by molar-refractivity contribution is 6.31. The van der Waals surface area contributed by atoms with Crippen molar-refractivity contribution in [3.63, 3.8) is 0 Å². The molecule has 0 aliphatic carbocycles. The van der Waals surface area contributed by atoms with Crippen molar-refractivity contribution in [1.82, 2.24) is 20.2 Å². The summed E-state index contributed by atoms with van der Waals surface area (Å²) in [4.78, 5) is 48.0. The summed E-state index contributed by atoms with van der Waals surface area (Å²) in [5, 5.41) is 5.01. The lowest BCUT2D eigenvalue weighted by atomic mass is 9.82. The van der Waals surface area contributed by atoms with Gasteiger partial charge >= 0.3 is 12.2 Å². The Hall–Kier alpha value is -3.47. The quantitative estimate of drug-likeness (QED) is 0.630. The number of nitrogens with one attached hydrogen (secondary N) is 2. The first-order valence-electron chi connectivity index (χ1n) is 11.5. The largest absolute Gasteiger partial charge is 0.444 e. The number of benzene rings is 1. The van der Waals surface area contributed by atoms with Crippen molar-refractivity contribution in [2.24, 2.45) is 0 Å². The van der Waals surface area contributed by atoms with Gasteiger partial charge in [-0.2, -0.15) is 0 Å². The number of piperidine rings is 1. The average molecular weight is 520 g/mol.